The molecule has 0 radical (unpaired) electrons. The SMILES string of the molecule is COc1ccc(C(=O)Nc2ccc(F)c(Cl)c2)cc1COc1cc(C)cc(C)c1C. The molecule has 0 aliphatic heterocycles. The van der Waals surface area contributed by atoms with Crippen molar-refractivity contribution >= 4 is 23.2 Å². The van der Waals surface area contributed by atoms with Crippen LogP contribution in [0.3, 0.4) is 0 Å². The fourth-order valence-corrected chi connectivity index (χ4v) is 3.30. The van der Waals surface area contributed by atoms with Crippen LogP contribution in [-0.4, -0.2) is 13.0 Å². The van der Waals surface area contributed by atoms with Crippen LogP contribution in [0.5, 0.6) is 11.5 Å². The summed E-state index contributed by atoms with van der Waals surface area (Å²) in [4.78, 5) is 12.7. The molecule has 0 bridgehead atoms. The van der Waals surface area contributed by atoms with E-state index in [1.165, 1.54) is 18.2 Å². The molecule has 0 saturated heterocycles. The smallest absolute Gasteiger partial charge is 0.255 e. The maximum atomic E-state index is 13.3. The predicted octanol–water partition coefficient (Wildman–Crippen LogP) is 6.24. The van der Waals surface area contributed by atoms with Crippen LogP contribution in [0.15, 0.2) is 48.5 Å². The van der Waals surface area contributed by atoms with Crippen molar-refractivity contribution in [2.45, 2.75) is 27.4 Å². The molecule has 3 aromatic rings. The van der Waals surface area contributed by atoms with Gasteiger partial charge in [0.1, 0.15) is 23.9 Å². The van der Waals surface area contributed by atoms with Crippen molar-refractivity contribution in [1.82, 2.24) is 0 Å². The zero-order valence-corrected chi connectivity index (χ0v) is 18.1. The molecule has 0 saturated carbocycles. The first-order valence-corrected chi connectivity index (χ1v) is 9.80. The van der Waals surface area contributed by atoms with Gasteiger partial charge in [-0.05, 0) is 79.9 Å². The minimum Gasteiger partial charge on any atom is -0.496 e. The van der Waals surface area contributed by atoms with E-state index in [0.29, 0.717) is 17.0 Å². The van der Waals surface area contributed by atoms with Gasteiger partial charge in [-0.1, -0.05) is 17.7 Å². The highest BCUT2D eigenvalue weighted by Gasteiger charge is 2.13. The second-order valence-electron chi connectivity index (χ2n) is 7.10. The Kier molecular flexibility index (Phi) is 6.63. The Bertz CT molecular complexity index is 1100. The first kappa shape index (κ1) is 21.7. The maximum absolute atomic E-state index is 13.3. The first-order chi connectivity index (χ1) is 14.3. The number of aryl methyl sites for hydroxylation is 2. The van der Waals surface area contributed by atoms with E-state index in [2.05, 4.69) is 11.4 Å². The largest absolute Gasteiger partial charge is 0.496 e. The van der Waals surface area contributed by atoms with Crippen LogP contribution in [0.1, 0.15) is 32.6 Å². The van der Waals surface area contributed by atoms with Gasteiger partial charge < -0.3 is 14.8 Å². The van der Waals surface area contributed by atoms with Gasteiger partial charge in [-0.3, -0.25) is 4.79 Å². The van der Waals surface area contributed by atoms with Crippen molar-refractivity contribution < 1.29 is 18.7 Å². The van der Waals surface area contributed by atoms with Crippen molar-refractivity contribution in [2.75, 3.05) is 12.4 Å². The molecule has 156 valence electrons. The van der Waals surface area contributed by atoms with Gasteiger partial charge >= 0.3 is 0 Å². The molecule has 3 aromatic carbocycles. The van der Waals surface area contributed by atoms with Gasteiger partial charge in [0.2, 0.25) is 0 Å². The average molecular weight is 428 g/mol. The molecule has 1 N–H and O–H groups in total. The van der Waals surface area contributed by atoms with E-state index in [-0.39, 0.29) is 17.5 Å². The molecule has 0 fully saturated rings. The Morgan fingerprint density at radius 3 is 2.50 bits per heavy atom. The molecule has 6 heteroatoms. The summed E-state index contributed by atoms with van der Waals surface area (Å²) < 4.78 is 24.8. The summed E-state index contributed by atoms with van der Waals surface area (Å²) in [7, 11) is 1.57. The summed E-state index contributed by atoms with van der Waals surface area (Å²) in [6.45, 7) is 6.32. The second kappa shape index (κ2) is 9.18. The van der Waals surface area contributed by atoms with Crippen LogP contribution in [0.4, 0.5) is 10.1 Å². The second-order valence-corrected chi connectivity index (χ2v) is 7.51. The molecule has 0 unspecified atom stereocenters. The van der Waals surface area contributed by atoms with E-state index in [0.717, 1.165) is 28.0 Å². The van der Waals surface area contributed by atoms with E-state index in [1.807, 2.05) is 26.8 Å². The Balaban J connectivity index is 1.81. The van der Waals surface area contributed by atoms with Crippen LogP contribution in [0.2, 0.25) is 5.02 Å². The number of halogens is 2. The van der Waals surface area contributed by atoms with Crippen LogP contribution in [0.25, 0.3) is 0 Å². The molecule has 4 nitrogen and oxygen atoms in total. The lowest BCUT2D eigenvalue weighted by Crippen LogP contribution is -2.13. The van der Waals surface area contributed by atoms with Gasteiger partial charge in [0.05, 0.1) is 12.1 Å². The number of rotatable bonds is 6. The number of methoxy groups -OCH3 is 1. The average Bonchev–Trinajstić information content (AvgIpc) is 2.72. The van der Waals surface area contributed by atoms with E-state index in [1.54, 1.807) is 25.3 Å². The normalized spacial score (nSPS) is 10.6. The van der Waals surface area contributed by atoms with Gasteiger partial charge in [-0.25, -0.2) is 4.39 Å². The van der Waals surface area contributed by atoms with Crippen molar-refractivity contribution in [1.29, 1.82) is 0 Å². The number of amides is 1. The third-order valence-corrected chi connectivity index (χ3v) is 5.16. The molecular weight excluding hydrogens is 405 g/mol. The molecule has 0 spiro atoms. The highest BCUT2D eigenvalue weighted by Crippen LogP contribution is 2.27. The van der Waals surface area contributed by atoms with Crippen LogP contribution >= 0.6 is 11.6 Å². The molecule has 0 heterocycles. The minimum absolute atomic E-state index is 0.0552. The highest BCUT2D eigenvalue weighted by molar-refractivity contribution is 6.31. The third kappa shape index (κ3) is 4.92. The number of carbonyl (C=O) groups excluding carboxylic acids is 1. The Labute approximate surface area is 180 Å². The minimum atomic E-state index is -0.541. The number of carbonyl (C=O) groups is 1. The van der Waals surface area contributed by atoms with E-state index in [9.17, 15) is 9.18 Å². The van der Waals surface area contributed by atoms with E-state index >= 15 is 0 Å². The lowest BCUT2D eigenvalue weighted by atomic mass is 10.1. The number of nitrogens with one attached hydrogen (secondary N) is 1. The van der Waals surface area contributed by atoms with E-state index in [4.69, 9.17) is 21.1 Å². The van der Waals surface area contributed by atoms with Crippen LogP contribution < -0.4 is 14.8 Å². The lowest BCUT2D eigenvalue weighted by Gasteiger charge is -2.15. The van der Waals surface area contributed by atoms with Crippen LogP contribution in [-0.2, 0) is 6.61 Å². The van der Waals surface area contributed by atoms with E-state index < -0.39 is 5.82 Å². The Morgan fingerprint density at radius 1 is 1.03 bits per heavy atom. The fraction of sp³-hybridized carbons (Fsp3) is 0.208. The van der Waals surface area contributed by atoms with Gasteiger partial charge in [-0.2, -0.15) is 0 Å². The number of benzene rings is 3. The molecule has 0 atom stereocenters. The van der Waals surface area contributed by atoms with Crippen molar-refractivity contribution in [2.24, 2.45) is 0 Å². The lowest BCUT2D eigenvalue weighted by molar-refractivity contribution is 0.102. The first-order valence-electron chi connectivity index (χ1n) is 9.42. The molecule has 0 aliphatic carbocycles. The summed E-state index contributed by atoms with van der Waals surface area (Å²) in [6.07, 6.45) is 0. The Hall–Kier alpha value is -3.05. The van der Waals surface area contributed by atoms with Gasteiger partial charge in [-0.15, -0.1) is 0 Å². The molecule has 0 aromatic heterocycles. The number of anilines is 1. The summed E-state index contributed by atoms with van der Waals surface area (Å²) >= 11 is 5.78. The third-order valence-electron chi connectivity index (χ3n) is 4.87. The zero-order valence-electron chi connectivity index (χ0n) is 17.3. The van der Waals surface area contributed by atoms with Crippen molar-refractivity contribution in [3.63, 3.8) is 0 Å². The van der Waals surface area contributed by atoms with Crippen LogP contribution in [0, 0.1) is 26.6 Å². The Morgan fingerprint density at radius 2 is 1.80 bits per heavy atom. The fourth-order valence-electron chi connectivity index (χ4n) is 3.12. The molecule has 30 heavy (non-hydrogen) atoms. The summed E-state index contributed by atoms with van der Waals surface area (Å²) in [5.41, 5.74) is 4.91. The summed E-state index contributed by atoms with van der Waals surface area (Å²) in [6, 6.07) is 13.2. The maximum Gasteiger partial charge on any atom is 0.255 e. The molecular formula is C24H23ClFNO3. The van der Waals surface area contributed by atoms with Crippen molar-refractivity contribution in [3.05, 3.63) is 87.2 Å². The number of hydrogen-bond acceptors (Lipinski definition) is 3. The number of ether oxygens (including phenoxy) is 2. The van der Waals surface area contributed by atoms with Gasteiger partial charge in [0, 0.05) is 16.8 Å². The highest BCUT2D eigenvalue weighted by atomic mass is 35.5. The monoisotopic (exact) mass is 427 g/mol. The zero-order chi connectivity index (χ0) is 21.8. The molecule has 1 amide bonds. The summed E-state index contributed by atoms with van der Waals surface area (Å²) in [5, 5.41) is 2.66. The van der Waals surface area contributed by atoms with Gasteiger partial charge in [0.15, 0.2) is 0 Å². The van der Waals surface area contributed by atoms with Crippen molar-refractivity contribution in [3.8, 4) is 11.5 Å². The standard InChI is InChI=1S/C24H23ClFNO3/c1-14-9-15(2)16(3)23(10-14)30-13-18-11-17(5-8-22(18)29-4)24(28)27-19-6-7-21(26)20(25)12-19/h5-12H,13H2,1-4H3,(H,27,28). The molecule has 3 rings (SSSR count). The number of hydrogen-bond donors (Lipinski definition) is 1. The quantitative estimate of drug-likeness (QED) is 0.506. The summed E-state index contributed by atoms with van der Waals surface area (Å²) in [5.74, 6) is 0.535. The predicted molar refractivity (Wildman–Crippen MR) is 117 cm³/mol. The molecule has 0 aliphatic rings. The van der Waals surface area contributed by atoms with Gasteiger partial charge in [0.25, 0.3) is 5.91 Å². The topological polar surface area (TPSA) is 47.6 Å².